The molecule has 0 aliphatic heterocycles. The van der Waals surface area contributed by atoms with E-state index in [1.165, 1.54) is 6.33 Å². The Kier molecular flexibility index (Phi) is 1.66. The van der Waals surface area contributed by atoms with Crippen LogP contribution in [0.15, 0.2) is 18.6 Å². The van der Waals surface area contributed by atoms with Gasteiger partial charge in [0, 0.05) is 12.3 Å². The van der Waals surface area contributed by atoms with Gasteiger partial charge in [0.2, 0.25) is 0 Å². The van der Waals surface area contributed by atoms with Gasteiger partial charge in [-0.25, -0.2) is 4.98 Å². The molecule has 0 aromatic carbocycles. The predicted molar refractivity (Wildman–Crippen MR) is 42.1 cm³/mol. The van der Waals surface area contributed by atoms with Crippen LogP contribution in [0, 0.1) is 0 Å². The number of hydrogen-bond acceptors (Lipinski definition) is 4. The van der Waals surface area contributed by atoms with Gasteiger partial charge in [-0.15, -0.1) is 10.2 Å². The fraction of sp³-hybridized carbons (Fsp3) is 0.143. The van der Waals surface area contributed by atoms with E-state index >= 15 is 0 Å². The Morgan fingerprint density at radius 1 is 1.54 bits per heavy atom. The molecule has 2 aromatic rings. The minimum atomic E-state index is -0.932. The zero-order valence-electron chi connectivity index (χ0n) is 6.58. The van der Waals surface area contributed by atoms with E-state index in [-0.39, 0.29) is 6.42 Å². The van der Waals surface area contributed by atoms with Crippen molar-refractivity contribution in [2.24, 2.45) is 0 Å². The van der Waals surface area contributed by atoms with Gasteiger partial charge >= 0.3 is 5.97 Å². The molecular formula is C7H6N4O2. The third-order valence-corrected chi connectivity index (χ3v) is 1.59. The first-order chi connectivity index (χ1) is 6.27. The van der Waals surface area contributed by atoms with Crippen LogP contribution < -0.4 is 0 Å². The van der Waals surface area contributed by atoms with Gasteiger partial charge in [-0.05, 0) is 0 Å². The zero-order chi connectivity index (χ0) is 9.26. The second kappa shape index (κ2) is 2.81. The Labute approximate surface area is 72.9 Å². The van der Waals surface area contributed by atoms with Gasteiger partial charge in [-0.2, -0.15) is 0 Å². The molecule has 6 heteroatoms. The minimum Gasteiger partial charge on any atom is -0.481 e. The summed E-state index contributed by atoms with van der Waals surface area (Å²) < 4.78 is 1.55. The van der Waals surface area contributed by atoms with Crippen molar-refractivity contribution in [2.45, 2.75) is 6.42 Å². The van der Waals surface area contributed by atoms with E-state index < -0.39 is 5.97 Å². The fourth-order valence-electron chi connectivity index (χ4n) is 1.05. The van der Waals surface area contributed by atoms with E-state index in [1.807, 2.05) is 0 Å². The fourth-order valence-corrected chi connectivity index (χ4v) is 1.05. The maximum atomic E-state index is 10.4. The maximum absolute atomic E-state index is 10.4. The average Bonchev–Trinajstić information content (AvgIpc) is 2.48. The third kappa shape index (κ3) is 1.33. The number of aliphatic carboxylic acids is 1. The molecule has 6 nitrogen and oxygen atoms in total. The molecule has 2 rings (SSSR count). The van der Waals surface area contributed by atoms with Crippen molar-refractivity contribution < 1.29 is 9.90 Å². The van der Waals surface area contributed by atoms with Crippen molar-refractivity contribution >= 4 is 11.6 Å². The summed E-state index contributed by atoms with van der Waals surface area (Å²) in [6.07, 6.45) is 2.93. The summed E-state index contributed by atoms with van der Waals surface area (Å²) in [4.78, 5) is 14.3. The van der Waals surface area contributed by atoms with Crippen LogP contribution in [0.5, 0.6) is 0 Å². The number of aromatic nitrogens is 4. The molecule has 0 saturated heterocycles. The molecule has 66 valence electrons. The highest BCUT2D eigenvalue weighted by atomic mass is 16.4. The average molecular weight is 178 g/mol. The molecule has 0 atom stereocenters. The highest BCUT2D eigenvalue weighted by Gasteiger charge is 2.08. The van der Waals surface area contributed by atoms with Crippen molar-refractivity contribution in [3.8, 4) is 0 Å². The third-order valence-electron chi connectivity index (χ3n) is 1.59. The quantitative estimate of drug-likeness (QED) is 0.685. The van der Waals surface area contributed by atoms with E-state index in [9.17, 15) is 4.79 Å². The highest BCUT2D eigenvalue weighted by Crippen LogP contribution is 2.01. The van der Waals surface area contributed by atoms with Crippen LogP contribution in [-0.4, -0.2) is 30.7 Å². The SMILES string of the molecule is O=C(O)Cc1nnc2ccncn12. The number of hydrogen-bond donors (Lipinski definition) is 1. The van der Waals surface area contributed by atoms with Gasteiger partial charge in [0.1, 0.15) is 18.6 Å². The van der Waals surface area contributed by atoms with E-state index in [4.69, 9.17) is 5.11 Å². The van der Waals surface area contributed by atoms with Gasteiger partial charge in [0.15, 0.2) is 5.65 Å². The van der Waals surface area contributed by atoms with Gasteiger partial charge < -0.3 is 5.11 Å². The number of fused-ring (bicyclic) bond motifs is 1. The lowest BCUT2D eigenvalue weighted by atomic mass is 10.4. The lowest BCUT2D eigenvalue weighted by Crippen LogP contribution is -2.04. The van der Waals surface area contributed by atoms with Crippen LogP contribution in [0.1, 0.15) is 5.82 Å². The monoisotopic (exact) mass is 178 g/mol. The van der Waals surface area contributed by atoms with E-state index in [0.29, 0.717) is 11.5 Å². The second-order valence-electron chi connectivity index (χ2n) is 2.50. The van der Waals surface area contributed by atoms with Gasteiger partial charge in [0.05, 0.1) is 0 Å². The van der Waals surface area contributed by atoms with E-state index in [1.54, 1.807) is 16.7 Å². The van der Waals surface area contributed by atoms with Crippen molar-refractivity contribution in [2.75, 3.05) is 0 Å². The predicted octanol–water partition coefficient (Wildman–Crippen LogP) is -0.249. The van der Waals surface area contributed by atoms with Crippen molar-refractivity contribution in [3.63, 3.8) is 0 Å². The van der Waals surface area contributed by atoms with Crippen molar-refractivity contribution in [3.05, 3.63) is 24.4 Å². The topological polar surface area (TPSA) is 80.4 Å². The van der Waals surface area contributed by atoms with Crippen molar-refractivity contribution in [1.29, 1.82) is 0 Å². The molecule has 1 N–H and O–H groups in total. The summed E-state index contributed by atoms with van der Waals surface area (Å²) >= 11 is 0. The molecule has 2 aromatic heterocycles. The molecule has 0 aliphatic carbocycles. The Balaban J connectivity index is 2.51. The molecule has 0 spiro atoms. The summed E-state index contributed by atoms with van der Waals surface area (Å²) in [5.41, 5.74) is 0.603. The molecule has 0 amide bonds. The zero-order valence-corrected chi connectivity index (χ0v) is 6.58. The van der Waals surface area contributed by atoms with Gasteiger partial charge in [-0.3, -0.25) is 9.20 Å². The first-order valence-corrected chi connectivity index (χ1v) is 3.63. The number of carboxylic acid groups (broad SMARTS) is 1. The van der Waals surface area contributed by atoms with Crippen LogP contribution in [0.2, 0.25) is 0 Å². The van der Waals surface area contributed by atoms with Gasteiger partial charge in [0.25, 0.3) is 0 Å². The second-order valence-corrected chi connectivity index (χ2v) is 2.50. The molecule has 0 aliphatic rings. The molecule has 0 radical (unpaired) electrons. The molecule has 0 bridgehead atoms. The van der Waals surface area contributed by atoms with Crippen LogP contribution in [0.4, 0.5) is 0 Å². The first kappa shape index (κ1) is 7.66. The normalized spacial score (nSPS) is 10.5. The van der Waals surface area contributed by atoms with Crippen LogP contribution >= 0.6 is 0 Å². The number of nitrogens with zero attached hydrogens (tertiary/aromatic N) is 4. The summed E-state index contributed by atoms with van der Waals surface area (Å²) in [5.74, 6) is -0.547. The smallest absolute Gasteiger partial charge is 0.311 e. The molecule has 0 saturated carbocycles. The molecule has 13 heavy (non-hydrogen) atoms. The summed E-state index contributed by atoms with van der Waals surface area (Å²) in [7, 11) is 0. The summed E-state index contributed by atoms with van der Waals surface area (Å²) in [6, 6.07) is 1.67. The Morgan fingerprint density at radius 2 is 2.38 bits per heavy atom. The lowest BCUT2D eigenvalue weighted by Gasteiger charge is -1.93. The largest absolute Gasteiger partial charge is 0.481 e. The standard InChI is InChI=1S/C7H6N4O2/c12-7(13)3-6-10-9-5-1-2-8-4-11(5)6/h1-2,4H,3H2,(H,12,13). The minimum absolute atomic E-state index is 0.146. The van der Waals surface area contributed by atoms with E-state index in [0.717, 1.165) is 0 Å². The number of carbonyl (C=O) groups is 1. The first-order valence-electron chi connectivity index (χ1n) is 3.63. The molecular weight excluding hydrogens is 172 g/mol. The summed E-state index contributed by atoms with van der Waals surface area (Å²) in [5, 5.41) is 16.1. The van der Waals surface area contributed by atoms with Crippen LogP contribution in [0.25, 0.3) is 5.65 Å². The van der Waals surface area contributed by atoms with Crippen LogP contribution in [0.3, 0.4) is 0 Å². The Bertz CT molecular complexity index is 450. The van der Waals surface area contributed by atoms with Crippen LogP contribution in [-0.2, 0) is 11.2 Å². The number of rotatable bonds is 2. The highest BCUT2D eigenvalue weighted by molar-refractivity contribution is 5.69. The molecule has 0 unspecified atom stereocenters. The summed E-state index contributed by atoms with van der Waals surface area (Å²) in [6.45, 7) is 0. The maximum Gasteiger partial charge on any atom is 0.311 e. The Morgan fingerprint density at radius 3 is 3.15 bits per heavy atom. The molecule has 2 heterocycles. The Hall–Kier alpha value is -1.98. The van der Waals surface area contributed by atoms with E-state index in [2.05, 4.69) is 15.2 Å². The molecule has 0 fully saturated rings. The number of carboxylic acids is 1. The van der Waals surface area contributed by atoms with Gasteiger partial charge in [-0.1, -0.05) is 0 Å². The van der Waals surface area contributed by atoms with Crippen molar-refractivity contribution in [1.82, 2.24) is 19.6 Å². The lowest BCUT2D eigenvalue weighted by molar-refractivity contribution is -0.136.